The minimum Gasteiger partial charge on any atom is -0.348 e. The maximum atomic E-state index is 13.6. The summed E-state index contributed by atoms with van der Waals surface area (Å²) in [4.78, 5) is 12.0. The first-order valence-electron chi connectivity index (χ1n) is 6.56. The van der Waals surface area contributed by atoms with E-state index in [1.165, 1.54) is 12.1 Å². The summed E-state index contributed by atoms with van der Waals surface area (Å²) in [6, 6.07) is 2.71. The van der Waals surface area contributed by atoms with Crippen LogP contribution in [-0.4, -0.2) is 18.5 Å². The van der Waals surface area contributed by atoms with Gasteiger partial charge in [0.05, 0.1) is 12.1 Å². The minimum absolute atomic E-state index is 0.129. The van der Waals surface area contributed by atoms with Gasteiger partial charge in [-0.3, -0.25) is 4.79 Å². The monoisotopic (exact) mass is 268 g/mol. The number of halogens is 2. The van der Waals surface area contributed by atoms with Gasteiger partial charge < -0.3 is 10.6 Å². The molecular formula is C14H18F2N2O. The van der Waals surface area contributed by atoms with Gasteiger partial charge in [0.2, 0.25) is 5.91 Å². The molecule has 19 heavy (non-hydrogen) atoms. The van der Waals surface area contributed by atoms with Crippen LogP contribution in [0.1, 0.15) is 37.8 Å². The third-order valence-electron chi connectivity index (χ3n) is 3.41. The highest BCUT2D eigenvalue weighted by molar-refractivity contribution is 5.82. The van der Waals surface area contributed by atoms with E-state index < -0.39 is 17.7 Å². The summed E-state index contributed by atoms with van der Waals surface area (Å²) in [5.41, 5.74) is 0.297. The normalized spacial score (nSPS) is 20.9. The Morgan fingerprint density at radius 2 is 2.21 bits per heavy atom. The number of benzene rings is 1. The highest BCUT2D eigenvalue weighted by atomic mass is 19.1. The van der Waals surface area contributed by atoms with Gasteiger partial charge in [-0.25, -0.2) is 8.78 Å². The molecule has 1 aromatic carbocycles. The Balaban J connectivity index is 1.99. The van der Waals surface area contributed by atoms with Crippen molar-refractivity contribution in [1.29, 1.82) is 0 Å². The van der Waals surface area contributed by atoms with E-state index in [9.17, 15) is 13.6 Å². The fraction of sp³-hybridized carbons (Fsp3) is 0.500. The van der Waals surface area contributed by atoms with Crippen molar-refractivity contribution in [3.05, 3.63) is 35.4 Å². The number of amides is 1. The SMILES string of the molecule is CC(NC(=O)[C@H]1CCCCN1)c1ccc(F)cc1F. The molecule has 1 amide bonds. The molecule has 2 atom stereocenters. The summed E-state index contributed by atoms with van der Waals surface area (Å²) in [6.07, 6.45) is 2.89. The lowest BCUT2D eigenvalue weighted by molar-refractivity contribution is -0.124. The van der Waals surface area contributed by atoms with Crippen LogP contribution in [0.4, 0.5) is 8.78 Å². The molecule has 5 heteroatoms. The molecule has 1 heterocycles. The molecule has 0 saturated carbocycles. The second-order valence-electron chi connectivity index (χ2n) is 4.90. The smallest absolute Gasteiger partial charge is 0.237 e. The highest BCUT2D eigenvalue weighted by Crippen LogP contribution is 2.18. The summed E-state index contributed by atoms with van der Waals surface area (Å²) < 4.78 is 26.4. The third kappa shape index (κ3) is 3.50. The number of carbonyl (C=O) groups excluding carboxylic acids is 1. The molecule has 1 aromatic rings. The van der Waals surface area contributed by atoms with Crippen molar-refractivity contribution in [2.75, 3.05) is 6.54 Å². The minimum atomic E-state index is -0.635. The van der Waals surface area contributed by atoms with Gasteiger partial charge in [-0.05, 0) is 32.4 Å². The van der Waals surface area contributed by atoms with Crippen molar-refractivity contribution in [1.82, 2.24) is 10.6 Å². The molecule has 1 aliphatic rings. The van der Waals surface area contributed by atoms with Gasteiger partial charge >= 0.3 is 0 Å². The highest BCUT2D eigenvalue weighted by Gasteiger charge is 2.22. The Morgan fingerprint density at radius 1 is 1.42 bits per heavy atom. The maximum Gasteiger partial charge on any atom is 0.237 e. The van der Waals surface area contributed by atoms with Crippen LogP contribution >= 0.6 is 0 Å². The molecule has 2 N–H and O–H groups in total. The number of carbonyl (C=O) groups is 1. The Labute approximate surface area is 111 Å². The number of hydrogen-bond donors (Lipinski definition) is 2. The second-order valence-corrected chi connectivity index (χ2v) is 4.90. The average Bonchev–Trinajstić information content (AvgIpc) is 2.39. The van der Waals surface area contributed by atoms with Crippen molar-refractivity contribution in [2.45, 2.75) is 38.3 Å². The molecule has 3 nitrogen and oxygen atoms in total. The average molecular weight is 268 g/mol. The fourth-order valence-corrected chi connectivity index (χ4v) is 2.32. The summed E-state index contributed by atoms with van der Waals surface area (Å²) in [6.45, 7) is 2.52. The molecule has 0 spiro atoms. The van der Waals surface area contributed by atoms with Crippen LogP contribution in [0, 0.1) is 11.6 Å². The lowest BCUT2D eigenvalue weighted by Crippen LogP contribution is -2.47. The zero-order valence-corrected chi connectivity index (χ0v) is 10.9. The zero-order chi connectivity index (χ0) is 13.8. The first-order valence-corrected chi connectivity index (χ1v) is 6.56. The quantitative estimate of drug-likeness (QED) is 0.883. The number of rotatable bonds is 3. The summed E-state index contributed by atoms with van der Waals surface area (Å²) in [5, 5.41) is 5.90. The van der Waals surface area contributed by atoms with Crippen molar-refractivity contribution >= 4 is 5.91 Å². The van der Waals surface area contributed by atoms with Gasteiger partial charge in [-0.2, -0.15) is 0 Å². The van der Waals surface area contributed by atoms with Crippen LogP contribution in [0.15, 0.2) is 18.2 Å². The molecule has 2 rings (SSSR count). The lowest BCUT2D eigenvalue weighted by atomic mass is 10.0. The van der Waals surface area contributed by atoms with Gasteiger partial charge in [-0.1, -0.05) is 12.5 Å². The van der Waals surface area contributed by atoms with Crippen LogP contribution in [-0.2, 0) is 4.79 Å². The predicted molar refractivity (Wildman–Crippen MR) is 68.6 cm³/mol. The first kappa shape index (κ1) is 13.9. The first-order chi connectivity index (χ1) is 9.08. The van der Waals surface area contributed by atoms with E-state index in [1.807, 2.05) is 0 Å². The van der Waals surface area contributed by atoms with Crippen LogP contribution in [0.2, 0.25) is 0 Å². The largest absolute Gasteiger partial charge is 0.348 e. The second kappa shape index (κ2) is 6.10. The third-order valence-corrected chi connectivity index (χ3v) is 3.41. The van der Waals surface area contributed by atoms with E-state index in [-0.39, 0.29) is 11.9 Å². The predicted octanol–water partition coefficient (Wildman–Crippen LogP) is 2.28. The van der Waals surface area contributed by atoms with Crippen LogP contribution < -0.4 is 10.6 Å². The molecule has 0 radical (unpaired) electrons. The Hall–Kier alpha value is -1.49. The molecule has 0 aliphatic carbocycles. The molecule has 0 bridgehead atoms. The van der Waals surface area contributed by atoms with Gasteiger partial charge in [0.1, 0.15) is 11.6 Å². The number of nitrogens with one attached hydrogen (secondary N) is 2. The molecule has 1 aliphatic heterocycles. The Bertz CT molecular complexity index is 459. The van der Waals surface area contributed by atoms with Gasteiger partial charge in [-0.15, -0.1) is 0 Å². The lowest BCUT2D eigenvalue weighted by Gasteiger charge is -2.24. The summed E-state index contributed by atoms with van der Waals surface area (Å²) in [5.74, 6) is -1.38. The molecule has 1 fully saturated rings. The van der Waals surface area contributed by atoms with Crippen LogP contribution in [0.5, 0.6) is 0 Å². The van der Waals surface area contributed by atoms with Crippen LogP contribution in [0.3, 0.4) is 0 Å². The van der Waals surface area contributed by atoms with Gasteiger partial charge in [0.25, 0.3) is 0 Å². The standard InChI is InChI=1S/C14H18F2N2O/c1-9(11-6-5-10(15)8-12(11)16)18-14(19)13-4-2-3-7-17-13/h5-6,8-9,13,17H,2-4,7H2,1H3,(H,18,19)/t9?,13-/m1/s1. The van der Waals surface area contributed by atoms with E-state index >= 15 is 0 Å². The molecular weight excluding hydrogens is 250 g/mol. The van der Waals surface area contributed by atoms with Crippen molar-refractivity contribution < 1.29 is 13.6 Å². The van der Waals surface area contributed by atoms with Crippen molar-refractivity contribution in [2.24, 2.45) is 0 Å². The van der Waals surface area contributed by atoms with E-state index in [1.54, 1.807) is 6.92 Å². The van der Waals surface area contributed by atoms with Crippen molar-refractivity contribution in [3.63, 3.8) is 0 Å². The molecule has 1 saturated heterocycles. The summed E-state index contributed by atoms with van der Waals surface area (Å²) in [7, 11) is 0. The van der Waals surface area contributed by atoms with Crippen molar-refractivity contribution in [3.8, 4) is 0 Å². The van der Waals surface area contributed by atoms with Gasteiger partial charge in [0.15, 0.2) is 0 Å². The molecule has 0 aromatic heterocycles. The van der Waals surface area contributed by atoms with E-state index in [0.717, 1.165) is 31.9 Å². The fourth-order valence-electron chi connectivity index (χ4n) is 2.32. The van der Waals surface area contributed by atoms with Crippen LogP contribution in [0.25, 0.3) is 0 Å². The van der Waals surface area contributed by atoms with E-state index in [0.29, 0.717) is 5.56 Å². The molecule has 104 valence electrons. The van der Waals surface area contributed by atoms with E-state index in [4.69, 9.17) is 0 Å². The topological polar surface area (TPSA) is 41.1 Å². The Kier molecular flexibility index (Phi) is 4.47. The molecule has 1 unspecified atom stereocenters. The number of piperidine rings is 1. The number of hydrogen-bond acceptors (Lipinski definition) is 2. The zero-order valence-electron chi connectivity index (χ0n) is 10.9. The van der Waals surface area contributed by atoms with Gasteiger partial charge in [0, 0.05) is 11.6 Å². The summed E-state index contributed by atoms with van der Waals surface area (Å²) >= 11 is 0. The Morgan fingerprint density at radius 3 is 2.84 bits per heavy atom. The maximum absolute atomic E-state index is 13.6. The van der Waals surface area contributed by atoms with E-state index in [2.05, 4.69) is 10.6 Å².